The average molecular weight is 424 g/mol. The Morgan fingerprint density at radius 1 is 1.13 bits per heavy atom. The highest BCUT2D eigenvalue weighted by Crippen LogP contribution is 2.81. The van der Waals surface area contributed by atoms with E-state index < -0.39 is 52.5 Å². The molecule has 5 saturated carbocycles. The number of likely N-dealkylation sites (N-methyl/N-ethyl adjacent to an activating group) is 1. The summed E-state index contributed by atoms with van der Waals surface area (Å²) < 4.78 is 18.1. The Morgan fingerprint density at radius 3 is 2.57 bits per heavy atom. The third kappa shape index (κ3) is 1.52. The number of epoxide rings is 1. The third-order valence-electron chi connectivity index (χ3n) is 11.0. The van der Waals surface area contributed by atoms with E-state index in [1.807, 2.05) is 0 Å². The zero-order valence-corrected chi connectivity index (χ0v) is 17.8. The van der Waals surface area contributed by atoms with E-state index in [2.05, 4.69) is 11.8 Å². The number of methoxy groups -OCH3 is 2. The van der Waals surface area contributed by atoms with Crippen molar-refractivity contribution in [3.05, 3.63) is 0 Å². The summed E-state index contributed by atoms with van der Waals surface area (Å²) in [6.45, 7) is 3.44. The highest BCUT2D eigenvalue weighted by Gasteiger charge is 2.94. The molecule has 2 spiro atoms. The molecule has 0 aromatic rings. The summed E-state index contributed by atoms with van der Waals surface area (Å²) in [5.41, 5.74) is -4.30. The van der Waals surface area contributed by atoms with Crippen LogP contribution in [0.2, 0.25) is 0 Å². The maximum absolute atomic E-state index is 12.6. The van der Waals surface area contributed by atoms with Crippen molar-refractivity contribution in [1.82, 2.24) is 4.90 Å². The van der Waals surface area contributed by atoms with E-state index in [0.717, 1.165) is 0 Å². The Kier molecular flexibility index (Phi) is 3.36. The lowest BCUT2D eigenvalue weighted by molar-refractivity contribution is -0.311. The van der Waals surface area contributed by atoms with Crippen molar-refractivity contribution in [2.24, 2.45) is 29.1 Å². The first-order valence-corrected chi connectivity index (χ1v) is 11.6. The quantitative estimate of drug-likeness (QED) is 0.416. The second-order valence-electron chi connectivity index (χ2n) is 11.2. The van der Waals surface area contributed by atoms with Gasteiger partial charge in [-0.05, 0) is 18.9 Å². The van der Waals surface area contributed by atoms with Gasteiger partial charge in [-0.1, -0.05) is 6.92 Å². The molecule has 8 nitrogen and oxygen atoms in total. The normalized spacial score (nSPS) is 69.3. The number of fused-ring (bicyclic) bond motifs is 2. The molecule has 0 unspecified atom stereocenters. The molecule has 2 heterocycles. The molecular formula is C22H33NO7. The fourth-order valence-electron chi connectivity index (χ4n) is 10.3. The molecule has 7 bridgehead atoms. The third-order valence-corrected chi connectivity index (χ3v) is 11.0. The van der Waals surface area contributed by atoms with Crippen LogP contribution in [0.25, 0.3) is 0 Å². The van der Waals surface area contributed by atoms with Gasteiger partial charge in [0.1, 0.15) is 16.8 Å². The number of ether oxygens (including phenoxy) is 3. The van der Waals surface area contributed by atoms with Gasteiger partial charge in [0.2, 0.25) is 0 Å². The smallest absolute Gasteiger partial charge is 0.136 e. The van der Waals surface area contributed by atoms with Crippen molar-refractivity contribution in [3.63, 3.8) is 0 Å². The summed E-state index contributed by atoms with van der Waals surface area (Å²) in [5, 5.41) is 48.0. The fraction of sp³-hybridized carbons (Fsp3) is 1.00. The highest BCUT2D eigenvalue weighted by atomic mass is 16.6. The highest BCUT2D eigenvalue weighted by molar-refractivity contribution is 5.44. The van der Waals surface area contributed by atoms with Gasteiger partial charge in [-0.2, -0.15) is 0 Å². The van der Waals surface area contributed by atoms with Crippen molar-refractivity contribution in [2.45, 2.75) is 79.6 Å². The van der Waals surface area contributed by atoms with Crippen LogP contribution in [-0.2, 0) is 14.2 Å². The number of nitrogens with zero attached hydrogens (tertiary/aromatic N) is 1. The molecule has 7 rings (SSSR count). The Morgan fingerprint density at radius 2 is 1.90 bits per heavy atom. The Hall–Kier alpha value is -0.320. The fourth-order valence-corrected chi connectivity index (χ4v) is 10.3. The summed E-state index contributed by atoms with van der Waals surface area (Å²) in [6.07, 6.45) is -0.983. The summed E-state index contributed by atoms with van der Waals surface area (Å²) in [7, 11) is 3.21. The van der Waals surface area contributed by atoms with Crippen LogP contribution in [0, 0.1) is 29.1 Å². The second-order valence-corrected chi connectivity index (χ2v) is 11.2. The molecule has 0 aromatic carbocycles. The summed E-state index contributed by atoms with van der Waals surface area (Å²) in [4.78, 5) is 2.23. The lowest BCUT2D eigenvalue weighted by atomic mass is 9.45. The largest absolute Gasteiger partial charge is 0.392 e. The first-order valence-electron chi connectivity index (χ1n) is 11.6. The van der Waals surface area contributed by atoms with Gasteiger partial charge in [0.25, 0.3) is 0 Å². The number of likely N-dealkylation sites (tertiary alicyclic amines) is 1. The molecule has 0 radical (unpaired) electrons. The van der Waals surface area contributed by atoms with Crippen LogP contribution in [-0.4, -0.2) is 106 Å². The standard InChI is InChI=1S/C22H33NO7/c1-4-23-8-19-13(30-19)6-12(24)21-10-5-9-11(28-2)7-20(26,14(10)15(9)25)22(27,18(21)23)17(29-3)16(19)21/h9-18,24-27H,4-8H2,1-3H3/t9-,10-,11+,12+,13+,14-,15+,16-,17+,18+,19+,20-,21+,22-/m1/s1. The molecule has 5 aliphatic carbocycles. The molecule has 14 atom stereocenters. The number of aliphatic hydroxyl groups excluding tert-OH is 2. The average Bonchev–Trinajstić information content (AvgIpc) is 3.25. The van der Waals surface area contributed by atoms with Crippen molar-refractivity contribution in [2.75, 3.05) is 27.3 Å². The van der Waals surface area contributed by atoms with Crippen molar-refractivity contribution in [3.8, 4) is 0 Å². The number of piperidine rings is 1. The van der Waals surface area contributed by atoms with Crippen molar-refractivity contribution < 1.29 is 34.6 Å². The van der Waals surface area contributed by atoms with Crippen LogP contribution in [0.15, 0.2) is 0 Å². The maximum Gasteiger partial charge on any atom is 0.136 e. The molecule has 0 amide bonds. The molecular weight excluding hydrogens is 390 g/mol. The number of aliphatic hydroxyl groups is 4. The van der Waals surface area contributed by atoms with E-state index in [-0.39, 0.29) is 36.4 Å². The van der Waals surface area contributed by atoms with Gasteiger partial charge in [-0.15, -0.1) is 0 Å². The van der Waals surface area contributed by atoms with Gasteiger partial charge in [-0.3, -0.25) is 4.90 Å². The lowest BCUT2D eigenvalue weighted by Gasteiger charge is -2.67. The zero-order chi connectivity index (χ0) is 21.0. The Labute approximate surface area is 176 Å². The summed E-state index contributed by atoms with van der Waals surface area (Å²) in [5.74, 6) is -0.922. The Balaban J connectivity index is 1.55. The van der Waals surface area contributed by atoms with E-state index in [1.165, 1.54) is 0 Å². The van der Waals surface area contributed by atoms with E-state index in [1.54, 1.807) is 14.2 Å². The molecule has 2 aliphatic heterocycles. The van der Waals surface area contributed by atoms with Crippen LogP contribution >= 0.6 is 0 Å². The van der Waals surface area contributed by atoms with Crippen molar-refractivity contribution >= 4 is 0 Å². The van der Waals surface area contributed by atoms with Gasteiger partial charge >= 0.3 is 0 Å². The number of hydrogen-bond acceptors (Lipinski definition) is 8. The molecule has 7 aliphatic rings. The minimum absolute atomic E-state index is 0.0398. The lowest BCUT2D eigenvalue weighted by Crippen LogP contribution is -2.81. The van der Waals surface area contributed by atoms with Gasteiger partial charge < -0.3 is 34.6 Å². The molecule has 2 saturated heterocycles. The topological polar surface area (TPSA) is 115 Å². The molecule has 7 fully saturated rings. The number of rotatable bonds is 3. The molecule has 0 aromatic heterocycles. The van der Waals surface area contributed by atoms with Gasteiger partial charge in [0.05, 0.1) is 36.6 Å². The predicted molar refractivity (Wildman–Crippen MR) is 102 cm³/mol. The monoisotopic (exact) mass is 423 g/mol. The summed E-state index contributed by atoms with van der Waals surface area (Å²) >= 11 is 0. The molecule has 30 heavy (non-hydrogen) atoms. The Bertz CT molecular complexity index is 812. The number of hydrogen-bond donors (Lipinski definition) is 4. The van der Waals surface area contributed by atoms with E-state index in [4.69, 9.17) is 14.2 Å². The van der Waals surface area contributed by atoms with Crippen LogP contribution in [0.3, 0.4) is 0 Å². The first kappa shape index (κ1) is 19.2. The second kappa shape index (κ2) is 5.25. The van der Waals surface area contributed by atoms with Gasteiger partial charge in [-0.25, -0.2) is 0 Å². The summed E-state index contributed by atoms with van der Waals surface area (Å²) in [6, 6.07) is -0.441. The van der Waals surface area contributed by atoms with Crippen LogP contribution in [0.4, 0.5) is 0 Å². The van der Waals surface area contributed by atoms with E-state index >= 15 is 0 Å². The SMILES string of the molecule is CCN1C[C@]23O[C@H]2C[C@H](O)[C@@]24[C@@H]5C[C@H]6[C@H](O)[C@@H]5[C@](O)(C[C@@H]6OC)[C@@](O)([C@@H](OC)[C@H]32)[C@@H]14. The predicted octanol–water partition coefficient (Wildman–Crippen LogP) is -1.27. The molecule has 8 heteroatoms. The van der Waals surface area contributed by atoms with Gasteiger partial charge in [0, 0.05) is 56.8 Å². The zero-order valence-electron chi connectivity index (χ0n) is 17.8. The van der Waals surface area contributed by atoms with Crippen molar-refractivity contribution in [1.29, 1.82) is 0 Å². The molecule has 168 valence electrons. The molecule has 4 N–H and O–H groups in total. The maximum atomic E-state index is 12.6. The minimum Gasteiger partial charge on any atom is -0.392 e. The van der Waals surface area contributed by atoms with Crippen LogP contribution in [0.5, 0.6) is 0 Å². The van der Waals surface area contributed by atoms with E-state index in [9.17, 15) is 20.4 Å². The minimum atomic E-state index is -1.62. The van der Waals surface area contributed by atoms with Gasteiger partial charge in [0.15, 0.2) is 0 Å². The van der Waals surface area contributed by atoms with E-state index in [0.29, 0.717) is 25.9 Å². The van der Waals surface area contributed by atoms with Crippen LogP contribution < -0.4 is 0 Å². The van der Waals surface area contributed by atoms with Crippen LogP contribution in [0.1, 0.15) is 26.2 Å². The first-order chi connectivity index (χ1) is 14.3.